The van der Waals surface area contributed by atoms with Crippen LogP contribution in [0.2, 0.25) is 0 Å². The number of hydrogen-bond acceptors (Lipinski definition) is 6. The van der Waals surface area contributed by atoms with Gasteiger partial charge in [-0.05, 0) is 93.4 Å². The Morgan fingerprint density at radius 1 is 0.0873 bits per heavy atom. The minimum atomic E-state index is -4.26. The average Bonchev–Trinajstić information content (AvgIpc) is 0.695. The van der Waals surface area contributed by atoms with Gasteiger partial charge in [-0.2, -0.15) is 0 Å². The minimum absolute atomic E-state index is 1.01. The summed E-state index contributed by atoms with van der Waals surface area (Å²) in [5, 5.41) is 18.2. The lowest BCUT2D eigenvalue weighted by atomic mass is 9.85. The van der Waals surface area contributed by atoms with Crippen LogP contribution in [0.5, 0.6) is 0 Å². The van der Waals surface area contributed by atoms with Crippen LogP contribution < -0.4 is 93.4 Å². The van der Waals surface area contributed by atoms with E-state index in [2.05, 4.69) is 546 Å². The van der Waals surface area contributed by atoms with E-state index in [1.807, 2.05) is 0 Å². The van der Waals surface area contributed by atoms with Gasteiger partial charge in [0.25, 0.3) is 49.9 Å². The second-order valence-corrected chi connectivity index (χ2v) is 52.2. The van der Waals surface area contributed by atoms with Gasteiger partial charge in [0.2, 0.25) is 0 Å². The molecule has 126 heavy (non-hydrogen) atoms. The molecule has 1 saturated carbocycles. The Morgan fingerprint density at radius 2 is 0.143 bits per heavy atom. The molecule has 18 aromatic rings. The first-order valence-corrected chi connectivity index (χ1v) is 55.0. The summed E-state index contributed by atoms with van der Waals surface area (Å²) in [7, 11) is -25.5. The fourth-order valence-corrected chi connectivity index (χ4v) is 43.9. The Hall–Kier alpha value is -13.0. The van der Waals surface area contributed by atoms with Crippen LogP contribution in [0.1, 0.15) is 0 Å². The van der Waals surface area contributed by atoms with E-state index in [0.29, 0.717) is 0 Å². The third-order valence-electron chi connectivity index (χ3n) is 25.1. The zero-order chi connectivity index (χ0) is 84.7. The lowest BCUT2D eigenvalue weighted by molar-refractivity contribution is -0.191. The topological polar surface area (TPSA) is 55.4 Å². The van der Waals surface area contributed by atoms with Crippen molar-refractivity contribution in [2.24, 2.45) is 0 Å². The van der Waals surface area contributed by atoms with E-state index in [1.165, 1.54) is 0 Å². The molecule has 0 radical (unpaired) electrons. The molecule has 1 fully saturated rings. The molecule has 0 N–H and O–H groups in total. The van der Waals surface area contributed by atoms with Gasteiger partial charge in [0.1, 0.15) is 36.6 Å². The summed E-state index contributed by atoms with van der Waals surface area (Å²) < 4.78 is 59.3. The van der Waals surface area contributed by atoms with Crippen LogP contribution in [-0.2, 0) is 26.6 Å². The molecule has 0 spiro atoms. The Kier molecular flexibility index (Phi) is 24.8. The van der Waals surface area contributed by atoms with Crippen molar-refractivity contribution >= 4 is 143 Å². The maximum absolute atomic E-state index is 9.89. The van der Waals surface area contributed by atoms with E-state index in [1.54, 1.807) is 0 Å². The standard InChI is InChI=1S/C114H96O6Si6/c1-19-55-91(56-20-1)121(92-57-21-2-22-58-92,93-59-23-3-24-60-93)115-109-110(116-122(94-61-25-4-26-62-94,95-63-27-5-28-64-95)96-65-29-6-30-66-96)112(118-124(100-73-37-10-38-74-100,101-75-39-11-40-76-101)102-77-41-12-42-78-102)114(120-126(106-85-49-16-50-86-106,107-87-51-17-52-88-107)108-89-53-18-54-90-108)113(119-125(103-79-43-13-44-80-103,104-81-45-14-46-82-104)105-83-47-15-48-84-105)111(109)117-123(97-67-31-7-32-68-97,98-69-33-8-34-70-98)99-71-35-9-36-72-99/h1-90,109-114H. The van der Waals surface area contributed by atoms with E-state index in [0.717, 1.165) is 93.4 Å². The summed E-state index contributed by atoms with van der Waals surface area (Å²) in [4.78, 5) is 0. The van der Waals surface area contributed by atoms with Crippen LogP contribution in [0.15, 0.2) is 546 Å². The molecule has 18 aromatic carbocycles. The summed E-state index contributed by atoms with van der Waals surface area (Å²) in [6.07, 6.45) is -7.65. The van der Waals surface area contributed by atoms with Crippen molar-refractivity contribution in [2.75, 3.05) is 0 Å². The largest absolute Gasteiger partial charge is 0.396 e. The summed E-state index contributed by atoms with van der Waals surface area (Å²) in [6, 6.07) is 199. The lowest BCUT2D eigenvalue weighted by Gasteiger charge is -2.59. The second-order valence-electron chi connectivity index (χ2n) is 32.2. The van der Waals surface area contributed by atoms with Crippen LogP contribution in [0, 0.1) is 0 Å². The molecule has 0 aromatic heterocycles. The highest BCUT2D eigenvalue weighted by molar-refractivity contribution is 7.10. The van der Waals surface area contributed by atoms with Gasteiger partial charge in [0, 0.05) is 0 Å². The first-order chi connectivity index (χ1) is 62.5. The normalized spacial score (nSPS) is 16.3. The fourth-order valence-electron chi connectivity index (χ4n) is 19.5. The number of rotatable bonds is 30. The molecule has 19 rings (SSSR count). The molecule has 0 saturated heterocycles. The maximum Gasteiger partial charge on any atom is 0.288 e. The van der Waals surface area contributed by atoms with Crippen LogP contribution in [0.4, 0.5) is 0 Å². The summed E-state index contributed by atoms with van der Waals surface area (Å²) in [5.41, 5.74) is 0. The SMILES string of the molecule is c1ccc([Si](OC2C(O[Si](c3ccccc3)(c3ccccc3)c3ccccc3)C(O[Si](c3ccccc3)(c3ccccc3)c3ccccc3)C(O[Si](c3ccccc3)(c3ccccc3)c3ccccc3)C(O[Si](c3ccccc3)(c3ccccc3)c3ccccc3)C2O[Si](c2ccccc2)(c2ccccc2)c2ccccc2)(c2ccccc2)c2ccccc2)cc1. The molecule has 0 unspecified atom stereocenters. The smallest absolute Gasteiger partial charge is 0.288 e. The summed E-state index contributed by atoms with van der Waals surface area (Å²) in [5.74, 6) is 0. The molecule has 1 aliphatic rings. The van der Waals surface area contributed by atoms with Crippen LogP contribution in [0.25, 0.3) is 0 Å². The quantitative estimate of drug-likeness (QED) is 0.0330. The second kappa shape index (κ2) is 37.8. The molecule has 1 aliphatic carbocycles. The third-order valence-corrected chi connectivity index (χ3v) is 49.5. The van der Waals surface area contributed by atoms with Gasteiger partial charge >= 0.3 is 0 Å². The first kappa shape index (κ1) is 82.6. The van der Waals surface area contributed by atoms with Gasteiger partial charge in [-0.15, -0.1) is 0 Å². The van der Waals surface area contributed by atoms with Crippen molar-refractivity contribution < 1.29 is 26.6 Å². The van der Waals surface area contributed by atoms with E-state index in [9.17, 15) is 26.6 Å². The molecular weight excluding hydrogens is 1630 g/mol. The van der Waals surface area contributed by atoms with E-state index in [-0.39, 0.29) is 0 Å². The zero-order valence-corrected chi connectivity index (χ0v) is 75.9. The predicted molar refractivity (Wildman–Crippen MR) is 533 cm³/mol. The van der Waals surface area contributed by atoms with Crippen molar-refractivity contribution in [3.05, 3.63) is 546 Å². The Balaban J connectivity index is 1.08. The molecule has 0 heterocycles. The van der Waals surface area contributed by atoms with Crippen molar-refractivity contribution in [3.63, 3.8) is 0 Å². The molecular formula is C114H96O6Si6. The number of hydrogen-bond donors (Lipinski definition) is 0. The van der Waals surface area contributed by atoms with Gasteiger partial charge < -0.3 is 26.6 Å². The Bertz CT molecular complexity index is 4790. The van der Waals surface area contributed by atoms with Gasteiger partial charge in [-0.3, -0.25) is 0 Å². The van der Waals surface area contributed by atoms with Crippen molar-refractivity contribution in [1.29, 1.82) is 0 Å². The fraction of sp³-hybridized carbons (Fsp3) is 0.0526. The van der Waals surface area contributed by atoms with Gasteiger partial charge in [0.15, 0.2) is 0 Å². The highest BCUT2D eigenvalue weighted by Gasteiger charge is 2.67. The van der Waals surface area contributed by atoms with Crippen LogP contribution >= 0.6 is 0 Å². The monoisotopic (exact) mass is 1730 g/mol. The van der Waals surface area contributed by atoms with E-state index in [4.69, 9.17) is 0 Å². The molecule has 0 amide bonds. The van der Waals surface area contributed by atoms with Gasteiger partial charge in [-0.1, -0.05) is 546 Å². The molecule has 612 valence electrons. The first-order valence-electron chi connectivity index (χ1n) is 43.5. The number of benzene rings is 18. The molecule has 12 heteroatoms. The molecule has 0 aliphatic heterocycles. The summed E-state index contributed by atoms with van der Waals surface area (Å²) in [6.45, 7) is 0. The van der Waals surface area contributed by atoms with Gasteiger partial charge in [-0.25, -0.2) is 0 Å². The average molecular weight is 1730 g/mol. The lowest BCUT2D eigenvalue weighted by Crippen LogP contribution is -2.85. The maximum atomic E-state index is 9.89. The zero-order valence-electron chi connectivity index (χ0n) is 69.9. The predicted octanol–water partition coefficient (Wildman–Crippen LogP) is 12.3. The van der Waals surface area contributed by atoms with Crippen LogP contribution in [-0.4, -0.2) is 86.5 Å². The summed E-state index contributed by atoms with van der Waals surface area (Å²) >= 11 is 0. The third kappa shape index (κ3) is 15.7. The van der Waals surface area contributed by atoms with Crippen molar-refractivity contribution in [1.82, 2.24) is 0 Å². The van der Waals surface area contributed by atoms with Crippen LogP contribution in [0.3, 0.4) is 0 Å². The van der Waals surface area contributed by atoms with E-state index < -0.39 is 86.5 Å². The molecule has 6 nitrogen and oxygen atoms in total. The Morgan fingerprint density at radius 3 is 0.198 bits per heavy atom. The minimum Gasteiger partial charge on any atom is -0.396 e. The van der Waals surface area contributed by atoms with E-state index >= 15 is 0 Å². The Labute approximate surface area is 746 Å². The van der Waals surface area contributed by atoms with Gasteiger partial charge in [0.05, 0.1) is 0 Å². The van der Waals surface area contributed by atoms with Crippen molar-refractivity contribution in [2.45, 2.75) is 36.6 Å². The molecule has 0 bridgehead atoms. The highest BCUT2D eigenvalue weighted by atomic mass is 28.4. The highest BCUT2D eigenvalue weighted by Crippen LogP contribution is 2.42. The molecule has 0 atom stereocenters. The van der Waals surface area contributed by atoms with Crippen molar-refractivity contribution in [3.8, 4) is 0 Å².